The Morgan fingerprint density at radius 3 is 2.48 bits per heavy atom. The van der Waals surface area contributed by atoms with Crippen LogP contribution in [0, 0.1) is 19.8 Å². The molecule has 2 heterocycles. The van der Waals surface area contributed by atoms with Crippen LogP contribution < -0.4 is 10.2 Å². The van der Waals surface area contributed by atoms with Gasteiger partial charge in [-0.1, -0.05) is 26.0 Å². The van der Waals surface area contributed by atoms with E-state index in [1.54, 1.807) is 6.20 Å². The highest BCUT2D eigenvalue weighted by Crippen LogP contribution is 2.24. The van der Waals surface area contributed by atoms with E-state index in [1.807, 2.05) is 17.0 Å². The van der Waals surface area contributed by atoms with Crippen molar-refractivity contribution >= 4 is 17.3 Å². The number of piperazine rings is 1. The number of aryl methyl sites for hydroxylation is 1. The van der Waals surface area contributed by atoms with Gasteiger partial charge in [0.05, 0.1) is 11.9 Å². The first-order chi connectivity index (χ1) is 13.0. The van der Waals surface area contributed by atoms with Crippen molar-refractivity contribution in [2.45, 2.75) is 27.7 Å². The Labute approximate surface area is 162 Å². The van der Waals surface area contributed by atoms with E-state index in [0.717, 1.165) is 38.4 Å². The lowest BCUT2D eigenvalue weighted by Crippen LogP contribution is -2.49. The molecule has 1 aliphatic rings. The predicted octanol–water partition coefficient (Wildman–Crippen LogP) is 3.73. The number of pyridine rings is 1. The van der Waals surface area contributed by atoms with E-state index in [1.165, 1.54) is 16.8 Å². The average Bonchev–Trinajstić information content (AvgIpc) is 2.68. The lowest BCUT2D eigenvalue weighted by Gasteiger charge is -2.37. The summed E-state index contributed by atoms with van der Waals surface area (Å²) < 4.78 is 0. The van der Waals surface area contributed by atoms with Crippen molar-refractivity contribution in [2.75, 3.05) is 42.9 Å². The number of rotatable bonds is 5. The number of carbonyl (C=O) groups is 1. The number of anilines is 2. The molecule has 0 atom stereocenters. The van der Waals surface area contributed by atoms with Gasteiger partial charge >= 0.3 is 0 Å². The van der Waals surface area contributed by atoms with Crippen molar-refractivity contribution in [1.29, 1.82) is 0 Å². The third kappa shape index (κ3) is 4.59. The Morgan fingerprint density at radius 1 is 1.11 bits per heavy atom. The van der Waals surface area contributed by atoms with Crippen LogP contribution in [0.5, 0.6) is 0 Å². The summed E-state index contributed by atoms with van der Waals surface area (Å²) >= 11 is 0. The minimum Gasteiger partial charge on any atom is -0.384 e. The Hall–Kier alpha value is -2.56. The molecule has 0 saturated carbocycles. The molecule has 0 spiro atoms. The van der Waals surface area contributed by atoms with E-state index in [-0.39, 0.29) is 5.91 Å². The third-order valence-corrected chi connectivity index (χ3v) is 5.18. The molecule has 1 saturated heterocycles. The molecule has 1 amide bonds. The first-order valence-corrected chi connectivity index (χ1v) is 9.76. The first kappa shape index (κ1) is 19.2. The zero-order valence-electron chi connectivity index (χ0n) is 16.8. The second-order valence-electron chi connectivity index (χ2n) is 7.71. The number of carbonyl (C=O) groups excluding carboxylic acids is 1. The molecule has 1 aromatic carbocycles. The maximum atomic E-state index is 12.8. The van der Waals surface area contributed by atoms with E-state index < -0.39 is 0 Å². The first-order valence-electron chi connectivity index (χ1n) is 9.76. The van der Waals surface area contributed by atoms with Crippen molar-refractivity contribution in [2.24, 2.45) is 5.92 Å². The number of nitrogens with zero attached hydrogens (tertiary/aromatic N) is 3. The number of hydrogen-bond acceptors (Lipinski definition) is 4. The molecule has 27 heavy (non-hydrogen) atoms. The number of hydrogen-bond donors (Lipinski definition) is 1. The van der Waals surface area contributed by atoms with Gasteiger partial charge in [-0.15, -0.1) is 0 Å². The van der Waals surface area contributed by atoms with E-state index >= 15 is 0 Å². The molecule has 2 aromatic rings. The maximum absolute atomic E-state index is 12.8. The van der Waals surface area contributed by atoms with Crippen molar-refractivity contribution in [1.82, 2.24) is 9.88 Å². The van der Waals surface area contributed by atoms with Crippen LogP contribution in [0.1, 0.15) is 35.5 Å². The van der Waals surface area contributed by atoms with Gasteiger partial charge in [0.2, 0.25) is 0 Å². The zero-order chi connectivity index (χ0) is 19.4. The molecule has 0 bridgehead atoms. The highest BCUT2D eigenvalue weighted by Gasteiger charge is 2.23. The molecule has 1 aromatic heterocycles. The van der Waals surface area contributed by atoms with Gasteiger partial charge in [-0.25, -0.2) is 4.98 Å². The van der Waals surface area contributed by atoms with Crippen LogP contribution in [-0.2, 0) is 0 Å². The summed E-state index contributed by atoms with van der Waals surface area (Å²) in [4.78, 5) is 21.4. The second-order valence-corrected chi connectivity index (χ2v) is 7.71. The average molecular weight is 367 g/mol. The predicted molar refractivity (Wildman–Crippen MR) is 112 cm³/mol. The molecule has 1 fully saturated rings. The van der Waals surface area contributed by atoms with Gasteiger partial charge in [0.25, 0.3) is 5.91 Å². The molecule has 1 aliphatic heterocycles. The summed E-state index contributed by atoms with van der Waals surface area (Å²) in [5.74, 6) is 0.589. The summed E-state index contributed by atoms with van der Waals surface area (Å²) in [7, 11) is 0. The summed E-state index contributed by atoms with van der Waals surface area (Å²) in [5, 5.41) is 3.33. The molecular formula is C22H30N4O. The molecule has 0 unspecified atom stereocenters. The SMILES string of the molecule is Cc1cccc(N2CCN(C(=O)c3ccc(NCC(C)C)cn3)CC2)c1C. The van der Waals surface area contributed by atoms with Gasteiger partial charge < -0.3 is 15.1 Å². The largest absolute Gasteiger partial charge is 0.384 e. The van der Waals surface area contributed by atoms with Crippen LogP contribution in [-0.4, -0.2) is 48.5 Å². The number of aromatic nitrogens is 1. The Kier molecular flexibility index (Phi) is 5.99. The fourth-order valence-electron chi connectivity index (χ4n) is 3.34. The highest BCUT2D eigenvalue weighted by atomic mass is 16.2. The minimum absolute atomic E-state index is 0.0195. The van der Waals surface area contributed by atoms with Crippen molar-refractivity contribution < 1.29 is 4.79 Å². The van der Waals surface area contributed by atoms with E-state index in [2.05, 4.69) is 61.1 Å². The normalized spacial score (nSPS) is 14.6. The summed E-state index contributed by atoms with van der Waals surface area (Å²) in [6, 6.07) is 10.2. The van der Waals surface area contributed by atoms with Crippen molar-refractivity contribution in [3.63, 3.8) is 0 Å². The van der Waals surface area contributed by atoms with Crippen molar-refractivity contribution in [3.05, 3.63) is 53.3 Å². The summed E-state index contributed by atoms with van der Waals surface area (Å²) in [6.07, 6.45) is 1.75. The smallest absolute Gasteiger partial charge is 0.272 e. The zero-order valence-corrected chi connectivity index (χ0v) is 16.8. The van der Waals surface area contributed by atoms with Crippen LogP contribution in [0.3, 0.4) is 0 Å². The lowest BCUT2D eigenvalue weighted by molar-refractivity contribution is 0.0741. The molecule has 0 aliphatic carbocycles. The Balaban J connectivity index is 1.59. The Morgan fingerprint density at radius 2 is 1.85 bits per heavy atom. The fourth-order valence-corrected chi connectivity index (χ4v) is 3.34. The quantitative estimate of drug-likeness (QED) is 0.876. The van der Waals surface area contributed by atoms with Crippen molar-refractivity contribution in [3.8, 4) is 0 Å². The minimum atomic E-state index is 0.0195. The van der Waals surface area contributed by atoms with Crippen LogP contribution in [0.4, 0.5) is 11.4 Å². The van der Waals surface area contributed by atoms with Gasteiger partial charge in [-0.2, -0.15) is 0 Å². The molecule has 144 valence electrons. The van der Waals surface area contributed by atoms with Crippen LogP contribution >= 0.6 is 0 Å². The Bertz CT molecular complexity index is 777. The number of benzene rings is 1. The maximum Gasteiger partial charge on any atom is 0.272 e. The van der Waals surface area contributed by atoms with Crippen LogP contribution in [0.2, 0.25) is 0 Å². The molecule has 1 N–H and O–H groups in total. The summed E-state index contributed by atoms with van der Waals surface area (Å²) in [6.45, 7) is 12.7. The molecular weight excluding hydrogens is 336 g/mol. The van der Waals surface area contributed by atoms with Crippen LogP contribution in [0.15, 0.2) is 36.5 Å². The molecule has 5 heteroatoms. The fraction of sp³-hybridized carbons (Fsp3) is 0.455. The number of amides is 1. The lowest BCUT2D eigenvalue weighted by atomic mass is 10.1. The van der Waals surface area contributed by atoms with Gasteiger partial charge in [-0.3, -0.25) is 4.79 Å². The van der Waals surface area contributed by atoms with E-state index in [9.17, 15) is 4.79 Å². The molecule has 0 radical (unpaired) electrons. The summed E-state index contributed by atoms with van der Waals surface area (Å²) in [5.41, 5.74) is 5.39. The molecule has 3 rings (SSSR count). The topological polar surface area (TPSA) is 48.5 Å². The third-order valence-electron chi connectivity index (χ3n) is 5.18. The van der Waals surface area contributed by atoms with Gasteiger partial charge in [-0.05, 0) is 49.1 Å². The number of nitrogens with one attached hydrogen (secondary N) is 1. The van der Waals surface area contributed by atoms with E-state index in [0.29, 0.717) is 11.6 Å². The molecule has 5 nitrogen and oxygen atoms in total. The van der Waals surface area contributed by atoms with Gasteiger partial charge in [0.15, 0.2) is 0 Å². The standard InChI is InChI=1S/C22H30N4O/c1-16(2)14-23-19-8-9-20(24-15-19)22(27)26-12-10-25(11-13-26)21-7-5-6-17(3)18(21)4/h5-9,15-16,23H,10-14H2,1-4H3. The van der Waals surface area contributed by atoms with Crippen LogP contribution in [0.25, 0.3) is 0 Å². The monoisotopic (exact) mass is 366 g/mol. The second kappa shape index (κ2) is 8.42. The highest BCUT2D eigenvalue weighted by molar-refractivity contribution is 5.92. The van der Waals surface area contributed by atoms with E-state index in [4.69, 9.17) is 0 Å². The van der Waals surface area contributed by atoms with Gasteiger partial charge in [0.1, 0.15) is 5.69 Å². The van der Waals surface area contributed by atoms with Gasteiger partial charge in [0, 0.05) is 38.4 Å².